The molecule has 1 fully saturated rings. The van der Waals surface area contributed by atoms with Crippen molar-refractivity contribution in [1.82, 2.24) is 30.8 Å². The zero-order valence-corrected chi connectivity index (χ0v) is 18.6. The molecule has 10 heteroatoms. The van der Waals surface area contributed by atoms with Gasteiger partial charge in [-0.2, -0.15) is 0 Å². The van der Waals surface area contributed by atoms with E-state index in [0.29, 0.717) is 24.0 Å². The monoisotopic (exact) mass is 445 g/mol. The van der Waals surface area contributed by atoms with E-state index < -0.39 is 6.09 Å². The molecule has 1 aromatic carbocycles. The van der Waals surface area contributed by atoms with Crippen LogP contribution in [0.4, 0.5) is 10.6 Å². The van der Waals surface area contributed by atoms with Gasteiger partial charge in [-0.1, -0.05) is 12.1 Å². The van der Waals surface area contributed by atoms with Gasteiger partial charge in [0.2, 0.25) is 5.89 Å². The van der Waals surface area contributed by atoms with Gasteiger partial charge in [0.25, 0.3) is 5.89 Å². The minimum atomic E-state index is -0.961. The molecule has 0 atom stereocenters. The first kappa shape index (κ1) is 23.1. The zero-order chi connectivity index (χ0) is 22.9. The fourth-order valence-electron chi connectivity index (χ4n) is 3.30. The molecule has 3 heterocycles. The normalized spacial score (nSPS) is 12.9. The average Bonchev–Trinajstić information content (AvgIpc) is 3.48. The summed E-state index contributed by atoms with van der Waals surface area (Å²) in [7, 11) is 1.93. The summed E-state index contributed by atoms with van der Waals surface area (Å²) in [4.78, 5) is 20.9. The van der Waals surface area contributed by atoms with E-state index >= 15 is 0 Å². The molecule has 3 N–H and O–H groups in total. The third-order valence-corrected chi connectivity index (χ3v) is 4.91. The summed E-state index contributed by atoms with van der Waals surface area (Å²) in [5.74, 6) is 1.77. The van der Waals surface area contributed by atoms with Crippen LogP contribution in [0.3, 0.4) is 0 Å². The average molecular weight is 446 g/mol. The van der Waals surface area contributed by atoms with Gasteiger partial charge in [-0.25, -0.2) is 9.78 Å². The van der Waals surface area contributed by atoms with Crippen molar-refractivity contribution in [2.24, 2.45) is 0 Å². The molecule has 0 aliphatic carbocycles. The number of carbonyl (C=O) groups is 1. The van der Waals surface area contributed by atoms with E-state index in [-0.39, 0.29) is 4.28 Å². The molecule has 0 radical (unpaired) electrons. The number of hydrogen-bond acceptors (Lipinski definition) is 8. The molecular weight excluding hydrogens is 410 g/mol. The van der Waals surface area contributed by atoms with Gasteiger partial charge < -0.3 is 25.1 Å². The maximum atomic E-state index is 9.49. The van der Waals surface area contributed by atoms with Crippen LogP contribution in [-0.2, 0) is 6.54 Å². The Bertz CT molecular complexity index is 1030. The largest absolute Gasteiger partial charge is 0.465 e. The van der Waals surface area contributed by atoms with E-state index in [4.69, 9.17) is 14.5 Å². The maximum absolute atomic E-state index is 9.49. The third kappa shape index (κ3) is 6.01. The fraction of sp³-hybridized carbons (Fsp3) is 0.409. The number of anilines is 1. The second-order valence-electron chi connectivity index (χ2n) is 7.33. The predicted molar refractivity (Wildman–Crippen MR) is 128 cm³/mol. The van der Waals surface area contributed by atoms with E-state index in [2.05, 4.69) is 42.8 Å². The van der Waals surface area contributed by atoms with Crippen molar-refractivity contribution in [3.8, 4) is 23.0 Å². The lowest BCUT2D eigenvalue weighted by Crippen LogP contribution is -2.19. The smallest absolute Gasteiger partial charge is 0.404 e. The molecule has 0 spiro atoms. The van der Waals surface area contributed by atoms with Crippen LogP contribution in [-0.4, -0.2) is 58.0 Å². The maximum Gasteiger partial charge on any atom is 0.404 e. The predicted octanol–water partition coefficient (Wildman–Crippen LogP) is 3.83. The Labute approximate surface area is 191 Å². The van der Waals surface area contributed by atoms with E-state index in [0.717, 1.165) is 36.7 Å². The number of amides is 1. The van der Waals surface area contributed by atoms with Crippen molar-refractivity contribution in [3.63, 3.8) is 0 Å². The van der Waals surface area contributed by atoms with Gasteiger partial charge in [0.15, 0.2) is 5.69 Å². The van der Waals surface area contributed by atoms with Crippen LogP contribution in [0.1, 0.15) is 35.3 Å². The van der Waals surface area contributed by atoms with Crippen LogP contribution in [0.15, 0.2) is 34.9 Å². The third-order valence-electron chi connectivity index (χ3n) is 4.91. The highest BCUT2D eigenvalue weighted by molar-refractivity contribution is 5.64. The van der Waals surface area contributed by atoms with Crippen molar-refractivity contribution < 1.29 is 18.6 Å². The highest BCUT2D eigenvalue weighted by Crippen LogP contribution is 2.27. The van der Waals surface area contributed by atoms with E-state index in [1.165, 1.54) is 18.4 Å². The molecule has 0 bridgehead atoms. The zero-order valence-electron chi connectivity index (χ0n) is 18.6. The number of benzene rings is 1. The van der Waals surface area contributed by atoms with Crippen LogP contribution in [0.5, 0.6) is 0 Å². The van der Waals surface area contributed by atoms with E-state index in [1.54, 1.807) is 6.92 Å². The topological polar surface area (TPSA) is 129 Å². The van der Waals surface area contributed by atoms with Crippen molar-refractivity contribution in [2.75, 3.05) is 31.6 Å². The number of nitrogens with one attached hydrogen (secondary N) is 2. The van der Waals surface area contributed by atoms with Crippen LogP contribution >= 0.6 is 0 Å². The second-order valence-corrected chi connectivity index (χ2v) is 7.33. The Kier molecular flexibility index (Phi) is 8.09. The van der Waals surface area contributed by atoms with Gasteiger partial charge >= 0.3 is 6.09 Å². The lowest BCUT2D eigenvalue weighted by atomic mass is 10.1. The molecule has 3 aromatic rings. The SMILES string of the molecule is CCNC(=O)O.CNCc1ccc(-c2nnc(-c3nc(N4CCCC4)cnc3C)o2)cc1.[HH].[HH].[HH]. The Morgan fingerprint density at radius 1 is 1.19 bits per heavy atom. The molecule has 1 saturated heterocycles. The Morgan fingerprint density at radius 3 is 2.47 bits per heavy atom. The van der Waals surface area contributed by atoms with Crippen molar-refractivity contribution in [1.29, 1.82) is 0 Å². The highest BCUT2D eigenvalue weighted by atomic mass is 16.4. The van der Waals surface area contributed by atoms with Gasteiger partial charge in [-0.3, -0.25) is 4.98 Å². The Morgan fingerprint density at radius 2 is 1.88 bits per heavy atom. The molecule has 0 unspecified atom stereocenters. The first-order valence-corrected chi connectivity index (χ1v) is 10.6. The van der Waals surface area contributed by atoms with Gasteiger partial charge in [-0.05, 0) is 51.4 Å². The Hall–Kier alpha value is -3.53. The van der Waals surface area contributed by atoms with Gasteiger partial charge in [-0.15, -0.1) is 10.2 Å². The lowest BCUT2D eigenvalue weighted by Gasteiger charge is -2.16. The highest BCUT2D eigenvalue weighted by Gasteiger charge is 2.19. The summed E-state index contributed by atoms with van der Waals surface area (Å²) < 4.78 is 5.90. The van der Waals surface area contributed by atoms with Crippen LogP contribution in [0.2, 0.25) is 0 Å². The molecule has 4 rings (SSSR count). The molecule has 176 valence electrons. The van der Waals surface area contributed by atoms with E-state index in [9.17, 15) is 4.79 Å². The minimum Gasteiger partial charge on any atom is -0.465 e. The first-order valence-electron chi connectivity index (χ1n) is 10.6. The number of hydrogen-bond donors (Lipinski definition) is 3. The van der Waals surface area contributed by atoms with Crippen molar-refractivity contribution >= 4 is 11.9 Å². The molecule has 2 aromatic heterocycles. The number of carboxylic acid groups (broad SMARTS) is 1. The summed E-state index contributed by atoms with van der Waals surface area (Å²) in [5.41, 5.74) is 3.54. The molecule has 1 aliphatic rings. The molecule has 32 heavy (non-hydrogen) atoms. The number of rotatable bonds is 6. The molecular formula is C22H35N7O3. The number of aromatic nitrogens is 4. The molecule has 10 nitrogen and oxygen atoms in total. The van der Waals surface area contributed by atoms with Gasteiger partial charge in [0.05, 0.1) is 11.9 Å². The van der Waals surface area contributed by atoms with Crippen molar-refractivity contribution in [2.45, 2.75) is 33.2 Å². The quantitative estimate of drug-likeness (QED) is 0.518. The van der Waals surface area contributed by atoms with Gasteiger partial charge in [0.1, 0.15) is 5.82 Å². The van der Waals surface area contributed by atoms with Crippen LogP contribution in [0.25, 0.3) is 23.0 Å². The Balaban J connectivity index is 0.00000115. The van der Waals surface area contributed by atoms with Crippen molar-refractivity contribution in [3.05, 3.63) is 41.7 Å². The van der Waals surface area contributed by atoms with Crippen LogP contribution in [0, 0.1) is 6.92 Å². The summed E-state index contributed by atoms with van der Waals surface area (Å²) in [5, 5.41) is 21.5. The van der Waals surface area contributed by atoms with Crippen LogP contribution < -0.4 is 15.5 Å². The molecule has 0 saturated carbocycles. The summed E-state index contributed by atoms with van der Waals surface area (Å²) >= 11 is 0. The standard InChI is InChI=1S/C19H22N6O.C3H7NO2.3H2/c1-13-17(22-16(12-21-13)25-9-3-4-10-25)19-24-23-18(26-19)15-7-5-14(6-8-15)11-20-2;1-2-4-3(5)6;;;/h5-8,12,20H,3-4,9-11H2,1-2H3;4H,2H2,1H3,(H,5,6);3*1H. The molecule has 1 aliphatic heterocycles. The summed E-state index contributed by atoms with van der Waals surface area (Å²) in [6.07, 6.45) is 3.25. The fourth-order valence-corrected chi connectivity index (χ4v) is 3.30. The molecule has 1 amide bonds. The summed E-state index contributed by atoms with van der Waals surface area (Å²) in [6, 6.07) is 8.08. The number of nitrogens with zero attached hydrogens (tertiary/aromatic N) is 5. The summed E-state index contributed by atoms with van der Waals surface area (Å²) in [6.45, 7) is 6.99. The van der Waals surface area contributed by atoms with Gasteiger partial charge in [0, 0.05) is 36.0 Å². The minimum absolute atomic E-state index is 0. The first-order chi connectivity index (χ1) is 15.5. The second kappa shape index (κ2) is 11.2. The number of aryl methyl sites for hydroxylation is 1. The van der Waals surface area contributed by atoms with E-state index in [1.807, 2.05) is 32.3 Å². The lowest BCUT2D eigenvalue weighted by molar-refractivity contribution is 0.195.